The van der Waals surface area contributed by atoms with Gasteiger partial charge in [0.05, 0.1) is 4.75 Å². The van der Waals surface area contributed by atoms with Gasteiger partial charge in [-0.15, -0.1) is 0 Å². The van der Waals surface area contributed by atoms with Crippen molar-refractivity contribution >= 4 is 23.5 Å². The van der Waals surface area contributed by atoms with Gasteiger partial charge in [-0.25, -0.2) is 0 Å². The minimum absolute atomic E-state index is 0.208. The molecule has 1 amide bonds. The molecule has 0 atom stereocenters. The first-order chi connectivity index (χ1) is 8.45. The molecule has 0 spiro atoms. The van der Waals surface area contributed by atoms with Crippen LogP contribution in [0.1, 0.15) is 33.1 Å². The predicted molar refractivity (Wildman–Crippen MR) is 74.9 cm³/mol. The minimum Gasteiger partial charge on any atom is -0.409 e. The number of nitrogens with zero attached hydrogens (tertiary/aromatic N) is 2. The SMILES string of the molecule is CSC1(C(N)=NO)CCN(C(=O)CC(C)C)CC1. The number of carbonyl (C=O) groups excluding carboxylic acids is 1. The fourth-order valence-electron chi connectivity index (χ4n) is 2.25. The lowest BCUT2D eigenvalue weighted by atomic mass is 9.94. The van der Waals surface area contributed by atoms with Crippen LogP contribution in [0.4, 0.5) is 0 Å². The van der Waals surface area contributed by atoms with Crippen molar-refractivity contribution in [3.8, 4) is 0 Å². The first-order valence-corrected chi connectivity index (χ1v) is 7.48. The van der Waals surface area contributed by atoms with Crippen LogP contribution in [0.5, 0.6) is 0 Å². The summed E-state index contributed by atoms with van der Waals surface area (Å²) in [5, 5.41) is 12.0. The van der Waals surface area contributed by atoms with E-state index in [1.54, 1.807) is 11.8 Å². The Morgan fingerprint density at radius 3 is 2.44 bits per heavy atom. The third-order valence-electron chi connectivity index (χ3n) is 3.47. The van der Waals surface area contributed by atoms with Gasteiger partial charge in [-0.05, 0) is 25.0 Å². The van der Waals surface area contributed by atoms with Crippen LogP contribution in [-0.2, 0) is 4.79 Å². The first-order valence-electron chi connectivity index (χ1n) is 6.26. The van der Waals surface area contributed by atoms with Gasteiger partial charge in [0.15, 0.2) is 5.84 Å². The highest BCUT2D eigenvalue weighted by molar-refractivity contribution is 8.00. The van der Waals surface area contributed by atoms with Crippen molar-refractivity contribution in [2.45, 2.75) is 37.9 Å². The van der Waals surface area contributed by atoms with Crippen molar-refractivity contribution in [2.75, 3.05) is 19.3 Å². The summed E-state index contributed by atoms with van der Waals surface area (Å²) in [4.78, 5) is 13.8. The molecule has 1 heterocycles. The normalized spacial score (nSPS) is 20.2. The molecule has 18 heavy (non-hydrogen) atoms. The molecule has 0 saturated carbocycles. The average molecular weight is 273 g/mol. The molecular weight excluding hydrogens is 250 g/mol. The van der Waals surface area contributed by atoms with E-state index in [9.17, 15) is 4.79 Å². The van der Waals surface area contributed by atoms with Crippen LogP contribution in [-0.4, -0.2) is 45.9 Å². The lowest BCUT2D eigenvalue weighted by Crippen LogP contribution is -2.51. The number of thioether (sulfide) groups is 1. The number of carbonyl (C=O) groups is 1. The van der Waals surface area contributed by atoms with Gasteiger partial charge < -0.3 is 15.8 Å². The number of nitrogens with two attached hydrogens (primary N) is 1. The van der Waals surface area contributed by atoms with Crippen LogP contribution in [0.15, 0.2) is 5.16 Å². The summed E-state index contributed by atoms with van der Waals surface area (Å²) in [5.41, 5.74) is 5.77. The van der Waals surface area contributed by atoms with Crippen LogP contribution in [0.3, 0.4) is 0 Å². The molecule has 0 aliphatic carbocycles. The molecule has 0 aromatic carbocycles. The Bertz CT molecular complexity index is 323. The van der Waals surface area contributed by atoms with E-state index in [1.807, 2.05) is 25.0 Å². The number of amides is 1. The zero-order valence-corrected chi connectivity index (χ0v) is 12.2. The van der Waals surface area contributed by atoms with Crippen molar-refractivity contribution in [3.63, 3.8) is 0 Å². The summed E-state index contributed by atoms with van der Waals surface area (Å²) in [6.45, 7) is 5.46. The van der Waals surface area contributed by atoms with E-state index in [1.165, 1.54) is 0 Å². The van der Waals surface area contributed by atoms with Crippen molar-refractivity contribution in [1.82, 2.24) is 4.90 Å². The van der Waals surface area contributed by atoms with E-state index in [0.29, 0.717) is 25.4 Å². The number of oxime groups is 1. The molecule has 1 fully saturated rings. The Morgan fingerprint density at radius 2 is 2.06 bits per heavy atom. The van der Waals surface area contributed by atoms with Gasteiger partial charge in [0.25, 0.3) is 0 Å². The number of piperidine rings is 1. The molecule has 6 heteroatoms. The second-order valence-corrected chi connectivity index (χ2v) is 6.35. The third kappa shape index (κ3) is 3.31. The van der Waals surface area contributed by atoms with Crippen molar-refractivity contribution in [2.24, 2.45) is 16.8 Å². The highest BCUT2D eigenvalue weighted by atomic mass is 32.2. The Morgan fingerprint density at radius 1 is 1.50 bits per heavy atom. The van der Waals surface area contributed by atoms with Gasteiger partial charge in [-0.2, -0.15) is 11.8 Å². The summed E-state index contributed by atoms with van der Waals surface area (Å²) in [6.07, 6.45) is 4.04. The van der Waals surface area contributed by atoms with Gasteiger partial charge in [-0.1, -0.05) is 19.0 Å². The molecule has 1 aliphatic heterocycles. The van der Waals surface area contributed by atoms with E-state index >= 15 is 0 Å². The monoisotopic (exact) mass is 273 g/mol. The molecule has 1 rings (SSSR count). The third-order valence-corrected chi connectivity index (χ3v) is 4.87. The Balaban J connectivity index is 2.62. The van der Waals surface area contributed by atoms with E-state index in [4.69, 9.17) is 10.9 Å². The predicted octanol–water partition coefficient (Wildman–Crippen LogP) is 1.50. The smallest absolute Gasteiger partial charge is 0.222 e. The highest BCUT2D eigenvalue weighted by Crippen LogP contribution is 2.35. The molecule has 3 N–H and O–H groups in total. The maximum absolute atomic E-state index is 12.0. The molecule has 0 aromatic heterocycles. The summed E-state index contributed by atoms with van der Waals surface area (Å²) in [6, 6.07) is 0. The fourth-order valence-corrected chi connectivity index (χ4v) is 3.09. The number of amidine groups is 1. The van der Waals surface area contributed by atoms with E-state index in [-0.39, 0.29) is 16.5 Å². The molecule has 0 aromatic rings. The van der Waals surface area contributed by atoms with E-state index in [0.717, 1.165) is 12.8 Å². The lowest BCUT2D eigenvalue weighted by Gasteiger charge is -2.39. The van der Waals surface area contributed by atoms with Gasteiger partial charge in [0.2, 0.25) is 5.91 Å². The second-order valence-electron chi connectivity index (χ2n) is 5.16. The molecular formula is C12H23N3O2S. The van der Waals surface area contributed by atoms with E-state index < -0.39 is 0 Å². The standard InChI is InChI=1S/C12H23N3O2S/c1-9(2)8-10(16)15-6-4-12(18-3,5-7-15)11(13)14-17/h9,17H,4-8H2,1-3H3,(H2,13,14). The summed E-state index contributed by atoms with van der Waals surface area (Å²) in [5.74, 6) is 0.860. The van der Waals surface area contributed by atoms with Crippen LogP contribution in [0, 0.1) is 5.92 Å². The Labute approximate surface area is 113 Å². The number of rotatable bonds is 4. The largest absolute Gasteiger partial charge is 0.409 e. The first kappa shape index (κ1) is 15.1. The Hall–Kier alpha value is -0.910. The van der Waals surface area contributed by atoms with Crippen LogP contribution in [0.25, 0.3) is 0 Å². The summed E-state index contributed by atoms with van der Waals surface area (Å²) in [7, 11) is 0. The summed E-state index contributed by atoms with van der Waals surface area (Å²) >= 11 is 1.60. The van der Waals surface area contributed by atoms with Crippen LogP contribution < -0.4 is 5.73 Å². The maximum atomic E-state index is 12.0. The highest BCUT2D eigenvalue weighted by Gasteiger charge is 2.39. The van der Waals surface area contributed by atoms with Crippen molar-refractivity contribution < 1.29 is 10.0 Å². The minimum atomic E-state index is -0.316. The Kier molecular flexibility index (Phi) is 5.31. The molecule has 104 valence electrons. The van der Waals surface area contributed by atoms with Crippen LogP contribution >= 0.6 is 11.8 Å². The van der Waals surface area contributed by atoms with Crippen LogP contribution in [0.2, 0.25) is 0 Å². The average Bonchev–Trinajstić information content (AvgIpc) is 2.37. The van der Waals surface area contributed by atoms with Gasteiger partial charge in [0.1, 0.15) is 0 Å². The molecule has 5 nitrogen and oxygen atoms in total. The number of hydrogen-bond donors (Lipinski definition) is 2. The molecule has 1 saturated heterocycles. The van der Waals surface area contributed by atoms with Gasteiger partial charge in [0, 0.05) is 19.5 Å². The number of hydrogen-bond acceptors (Lipinski definition) is 4. The quantitative estimate of drug-likeness (QED) is 0.352. The topological polar surface area (TPSA) is 78.9 Å². The number of likely N-dealkylation sites (tertiary alicyclic amines) is 1. The van der Waals surface area contributed by atoms with Gasteiger partial charge in [-0.3, -0.25) is 4.79 Å². The lowest BCUT2D eigenvalue weighted by molar-refractivity contribution is -0.132. The van der Waals surface area contributed by atoms with Crippen molar-refractivity contribution in [1.29, 1.82) is 0 Å². The zero-order valence-electron chi connectivity index (χ0n) is 11.3. The molecule has 0 bridgehead atoms. The van der Waals surface area contributed by atoms with Gasteiger partial charge >= 0.3 is 0 Å². The van der Waals surface area contributed by atoms with E-state index in [2.05, 4.69) is 5.16 Å². The second kappa shape index (κ2) is 6.31. The maximum Gasteiger partial charge on any atom is 0.222 e. The molecule has 1 aliphatic rings. The zero-order chi connectivity index (χ0) is 13.8. The molecule has 0 unspecified atom stereocenters. The fraction of sp³-hybridized carbons (Fsp3) is 0.833. The van der Waals surface area contributed by atoms with Crippen molar-refractivity contribution in [3.05, 3.63) is 0 Å². The molecule has 0 radical (unpaired) electrons. The summed E-state index contributed by atoms with van der Waals surface area (Å²) < 4.78 is -0.316.